The molecule has 1 aromatic carbocycles. The van der Waals surface area contributed by atoms with Gasteiger partial charge in [0.15, 0.2) is 5.69 Å². The molecule has 1 amide bonds. The van der Waals surface area contributed by atoms with Gasteiger partial charge in [0, 0.05) is 19.5 Å². The van der Waals surface area contributed by atoms with Crippen molar-refractivity contribution in [2.24, 2.45) is 0 Å². The standard InChI is InChI=1S/C15H18N4O4/c1-10(12-13(14(20)21)17-18-16-12)8-19(2)15(22)23-9-11-6-4-3-5-7-11/h3-7,10H,8-9H2,1-2H3,(H,20,21)(H,16,17,18). The lowest BCUT2D eigenvalue weighted by Crippen LogP contribution is -2.31. The van der Waals surface area contributed by atoms with Crippen molar-refractivity contribution in [3.8, 4) is 0 Å². The SMILES string of the molecule is CC(CN(C)C(=O)OCc1ccccc1)c1n[nH]nc1C(=O)O. The summed E-state index contributed by atoms with van der Waals surface area (Å²) in [5.74, 6) is -1.45. The Morgan fingerprint density at radius 3 is 2.65 bits per heavy atom. The zero-order valence-corrected chi connectivity index (χ0v) is 12.9. The van der Waals surface area contributed by atoms with E-state index in [2.05, 4.69) is 15.4 Å². The molecular formula is C15H18N4O4. The second kappa shape index (κ2) is 7.39. The monoisotopic (exact) mass is 318 g/mol. The molecule has 2 rings (SSSR count). The number of hydrogen-bond acceptors (Lipinski definition) is 5. The third kappa shape index (κ3) is 4.29. The van der Waals surface area contributed by atoms with E-state index in [1.807, 2.05) is 30.3 Å². The first-order chi connectivity index (χ1) is 11.0. The Balaban J connectivity index is 1.90. The lowest BCUT2D eigenvalue weighted by molar-refractivity contribution is 0.0688. The van der Waals surface area contributed by atoms with Crippen molar-refractivity contribution in [1.29, 1.82) is 0 Å². The molecule has 0 radical (unpaired) electrons. The maximum absolute atomic E-state index is 12.0. The lowest BCUT2D eigenvalue weighted by Gasteiger charge is -2.20. The van der Waals surface area contributed by atoms with Gasteiger partial charge in [-0.15, -0.1) is 5.10 Å². The number of aromatic carboxylic acids is 1. The number of amides is 1. The number of nitrogens with one attached hydrogen (secondary N) is 1. The molecule has 0 saturated heterocycles. The van der Waals surface area contributed by atoms with Gasteiger partial charge in [0.1, 0.15) is 12.3 Å². The van der Waals surface area contributed by atoms with E-state index in [0.717, 1.165) is 5.56 Å². The molecule has 8 nitrogen and oxygen atoms in total. The molecule has 1 aromatic heterocycles. The third-order valence-corrected chi connectivity index (χ3v) is 3.31. The maximum Gasteiger partial charge on any atom is 0.409 e. The minimum atomic E-state index is -1.16. The quantitative estimate of drug-likeness (QED) is 0.841. The first-order valence-corrected chi connectivity index (χ1v) is 7.04. The molecule has 0 aliphatic rings. The Labute approximate surface area is 133 Å². The molecule has 1 heterocycles. The van der Waals surface area contributed by atoms with E-state index in [1.165, 1.54) is 4.90 Å². The van der Waals surface area contributed by atoms with Crippen LogP contribution in [0, 0.1) is 0 Å². The number of rotatable bonds is 6. The lowest BCUT2D eigenvalue weighted by atomic mass is 10.1. The highest BCUT2D eigenvalue weighted by Crippen LogP contribution is 2.17. The normalized spacial score (nSPS) is 11.7. The summed E-state index contributed by atoms with van der Waals surface area (Å²) in [6.45, 7) is 2.22. The summed E-state index contributed by atoms with van der Waals surface area (Å²) in [6, 6.07) is 9.35. The van der Waals surface area contributed by atoms with Gasteiger partial charge in [0.2, 0.25) is 0 Å². The Bertz CT molecular complexity index is 671. The van der Waals surface area contributed by atoms with Crippen LogP contribution >= 0.6 is 0 Å². The molecular weight excluding hydrogens is 300 g/mol. The van der Waals surface area contributed by atoms with Crippen LogP contribution in [-0.2, 0) is 11.3 Å². The van der Waals surface area contributed by atoms with E-state index in [4.69, 9.17) is 9.84 Å². The number of carbonyl (C=O) groups is 2. The van der Waals surface area contributed by atoms with Gasteiger partial charge in [0.05, 0.1) is 0 Å². The van der Waals surface area contributed by atoms with Gasteiger partial charge in [-0.25, -0.2) is 9.59 Å². The molecule has 122 valence electrons. The van der Waals surface area contributed by atoms with Crippen LogP contribution in [0.3, 0.4) is 0 Å². The first-order valence-electron chi connectivity index (χ1n) is 7.04. The molecule has 2 aromatic rings. The molecule has 0 aliphatic carbocycles. The van der Waals surface area contributed by atoms with E-state index in [9.17, 15) is 9.59 Å². The number of benzene rings is 1. The Kier molecular flexibility index (Phi) is 5.29. The van der Waals surface area contributed by atoms with E-state index < -0.39 is 12.1 Å². The average Bonchev–Trinajstić information content (AvgIpc) is 3.03. The second-order valence-corrected chi connectivity index (χ2v) is 5.18. The summed E-state index contributed by atoms with van der Waals surface area (Å²) in [6.07, 6.45) is -0.485. The Hall–Kier alpha value is -2.90. The second-order valence-electron chi connectivity index (χ2n) is 5.18. The van der Waals surface area contributed by atoms with Crippen LogP contribution in [0.15, 0.2) is 30.3 Å². The van der Waals surface area contributed by atoms with Gasteiger partial charge in [-0.3, -0.25) is 0 Å². The molecule has 1 atom stereocenters. The van der Waals surface area contributed by atoms with Gasteiger partial charge in [-0.05, 0) is 5.56 Å². The van der Waals surface area contributed by atoms with Gasteiger partial charge in [-0.1, -0.05) is 37.3 Å². The summed E-state index contributed by atoms with van der Waals surface area (Å²) in [4.78, 5) is 24.4. The molecule has 23 heavy (non-hydrogen) atoms. The minimum Gasteiger partial charge on any atom is -0.476 e. The maximum atomic E-state index is 12.0. The van der Waals surface area contributed by atoms with Gasteiger partial charge >= 0.3 is 12.1 Å². The number of hydrogen-bond donors (Lipinski definition) is 2. The topological polar surface area (TPSA) is 108 Å². The summed E-state index contributed by atoms with van der Waals surface area (Å²) in [5, 5.41) is 18.8. The highest BCUT2D eigenvalue weighted by atomic mass is 16.6. The number of nitrogens with zero attached hydrogens (tertiary/aromatic N) is 3. The molecule has 0 fully saturated rings. The van der Waals surface area contributed by atoms with E-state index in [1.54, 1.807) is 14.0 Å². The fraction of sp³-hybridized carbons (Fsp3) is 0.333. The Morgan fingerprint density at radius 1 is 1.30 bits per heavy atom. The van der Waals surface area contributed by atoms with Crippen molar-refractivity contribution < 1.29 is 19.4 Å². The van der Waals surface area contributed by atoms with E-state index in [0.29, 0.717) is 5.69 Å². The Morgan fingerprint density at radius 2 is 2.00 bits per heavy atom. The molecule has 8 heteroatoms. The smallest absolute Gasteiger partial charge is 0.409 e. The van der Waals surface area contributed by atoms with Crippen LogP contribution in [-0.4, -0.2) is 51.1 Å². The summed E-state index contributed by atoms with van der Waals surface area (Å²) in [5.41, 5.74) is 1.07. The summed E-state index contributed by atoms with van der Waals surface area (Å²) < 4.78 is 5.21. The number of carboxylic acid groups (broad SMARTS) is 1. The predicted molar refractivity (Wildman–Crippen MR) is 81.0 cm³/mol. The largest absolute Gasteiger partial charge is 0.476 e. The van der Waals surface area contributed by atoms with Gasteiger partial charge in [-0.2, -0.15) is 10.3 Å². The van der Waals surface area contributed by atoms with Crippen LogP contribution in [0.4, 0.5) is 4.79 Å². The fourth-order valence-corrected chi connectivity index (χ4v) is 2.14. The number of H-pyrrole nitrogens is 1. The van der Waals surface area contributed by atoms with Crippen molar-refractivity contribution in [3.63, 3.8) is 0 Å². The number of carbonyl (C=O) groups excluding carboxylic acids is 1. The van der Waals surface area contributed by atoms with Crippen LogP contribution in [0.25, 0.3) is 0 Å². The van der Waals surface area contributed by atoms with Crippen molar-refractivity contribution in [1.82, 2.24) is 20.3 Å². The van der Waals surface area contributed by atoms with Gasteiger partial charge in [0.25, 0.3) is 0 Å². The van der Waals surface area contributed by atoms with Crippen molar-refractivity contribution in [2.75, 3.05) is 13.6 Å². The van der Waals surface area contributed by atoms with Gasteiger partial charge < -0.3 is 14.7 Å². The van der Waals surface area contributed by atoms with Crippen molar-refractivity contribution in [2.45, 2.75) is 19.4 Å². The number of ether oxygens (including phenoxy) is 1. The zero-order chi connectivity index (χ0) is 16.8. The van der Waals surface area contributed by atoms with E-state index >= 15 is 0 Å². The number of carboxylic acids is 1. The zero-order valence-electron chi connectivity index (χ0n) is 12.9. The van der Waals surface area contributed by atoms with Crippen LogP contribution in [0.5, 0.6) is 0 Å². The molecule has 0 aliphatic heterocycles. The molecule has 1 unspecified atom stereocenters. The van der Waals surface area contributed by atoms with E-state index in [-0.39, 0.29) is 24.8 Å². The minimum absolute atomic E-state index is 0.136. The van der Waals surface area contributed by atoms with Crippen LogP contribution in [0.2, 0.25) is 0 Å². The summed E-state index contributed by atoms with van der Waals surface area (Å²) >= 11 is 0. The highest BCUT2D eigenvalue weighted by Gasteiger charge is 2.23. The van der Waals surface area contributed by atoms with Crippen molar-refractivity contribution in [3.05, 3.63) is 47.3 Å². The highest BCUT2D eigenvalue weighted by molar-refractivity contribution is 5.86. The summed E-state index contributed by atoms with van der Waals surface area (Å²) in [7, 11) is 1.59. The molecule has 2 N–H and O–H groups in total. The molecule has 0 saturated carbocycles. The fourth-order valence-electron chi connectivity index (χ4n) is 2.14. The number of likely N-dealkylation sites (N-methyl/N-ethyl adjacent to an activating group) is 1. The number of aromatic amines is 1. The van der Waals surface area contributed by atoms with Crippen molar-refractivity contribution >= 4 is 12.1 Å². The van der Waals surface area contributed by atoms with Crippen LogP contribution < -0.4 is 0 Å². The molecule has 0 bridgehead atoms. The average molecular weight is 318 g/mol. The molecule has 0 spiro atoms. The number of aromatic nitrogens is 3. The first kappa shape index (κ1) is 16.5. The predicted octanol–water partition coefficient (Wildman–Crippen LogP) is 1.88. The third-order valence-electron chi connectivity index (χ3n) is 3.31. The van der Waals surface area contributed by atoms with Crippen LogP contribution in [0.1, 0.15) is 34.6 Å².